The van der Waals surface area contributed by atoms with Crippen LogP contribution < -0.4 is 51.4 Å². The Kier molecular flexibility index (Phi) is 15.8. The maximum Gasteiger partial charge on any atom is 1.00 e. The Bertz CT molecular complexity index is 2110. The van der Waals surface area contributed by atoms with Gasteiger partial charge in [-0.05, 0) is 73.3 Å². The van der Waals surface area contributed by atoms with Crippen molar-refractivity contribution in [3.63, 3.8) is 0 Å². The summed E-state index contributed by atoms with van der Waals surface area (Å²) in [6.45, 7) is 13.8. The van der Waals surface area contributed by atoms with E-state index in [2.05, 4.69) is 66.2 Å². The average Bonchev–Trinajstić information content (AvgIpc) is 3.70. The molecular weight excluding hydrogens is 813 g/mol. The second kappa shape index (κ2) is 19.4. The minimum Gasteiger partial charge on any atom is -0.369 e. The first-order chi connectivity index (χ1) is 24.3. The Morgan fingerprint density at radius 3 is 1.77 bits per heavy atom. The first-order valence-electron chi connectivity index (χ1n) is 15.4. The van der Waals surface area contributed by atoms with E-state index in [9.17, 15) is 21.7 Å². The van der Waals surface area contributed by atoms with E-state index >= 15 is 0 Å². The molecule has 0 saturated carbocycles. The molecule has 0 bridgehead atoms. The van der Waals surface area contributed by atoms with Crippen molar-refractivity contribution in [2.24, 2.45) is 0 Å². The van der Waals surface area contributed by atoms with Crippen LogP contribution in [0.15, 0.2) is 53.0 Å². The number of benzene rings is 2. The van der Waals surface area contributed by atoms with E-state index in [0.717, 1.165) is 38.3 Å². The van der Waals surface area contributed by atoms with E-state index in [1.807, 2.05) is 19.9 Å². The Morgan fingerprint density at radius 1 is 0.750 bits per heavy atom. The number of rotatable bonds is 2. The van der Waals surface area contributed by atoms with Gasteiger partial charge in [-0.3, -0.25) is 22.1 Å². The summed E-state index contributed by atoms with van der Waals surface area (Å²) in [7, 11) is -3.67. The molecule has 0 saturated heterocycles. The molecule has 4 aromatic heterocycles. The predicted molar refractivity (Wildman–Crippen MR) is 191 cm³/mol. The third-order valence-corrected chi connectivity index (χ3v) is 11.3. The summed E-state index contributed by atoms with van der Waals surface area (Å²) >= 11 is 7.08. The van der Waals surface area contributed by atoms with Gasteiger partial charge in [0.15, 0.2) is 11.6 Å². The number of halogens is 6. The first-order valence-corrected chi connectivity index (χ1v) is 17.9. The fourth-order valence-corrected chi connectivity index (χ4v) is 8.47. The van der Waals surface area contributed by atoms with Crippen LogP contribution in [0.1, 0.15) is 60.9 Å². The Morgan fingerprint density at radius 2 is 1.25 bits per heavy atom. The molecule has 8 nitrogen and oxygen atoms in total. The zero-order valence-electron chi connectivity index (χ0n) is 29.0. The van der Waals surface area contributed by atoms with Crippen LogP contribution in [0, 0.1) is 46.3 Å². The number of thiophene rings is 2. The first kappa shape index (κ1) is 42.5. The molecule has 0 radical (unpaired) electrons. The van der Waals surface area contributed by atoms with Crippen molar-refractivity contribution >= 4 is 46.1 Å². The van der Waals surface area contributed by atoms with Crippen LogP contribution in [0.2, 0.25) is 0 Å². The molecule has 0 fully saturated rings. The zero-order valence-corrected chi connectivity index (χ0v) is 35.4. The fraction of sp³-hybridized carbons (Fsp3) is 0.265. The van der Waals surface area contributed by atoms with Crippen LogP contribution in [0.3, 0.4) is 0 Å². The van der Waals surface area contributed by atoms with Crippen molar-refractivity contribution in [2.75, 3.05) is 0 Å². The Labute approximate surface area is 357 Å². The third-order valence-electron chi connectivity index (χ3n) is 7.68. The topological polar surface area (TPSA) is 79.9 Å². The minimum absolute atomic E-state index is 0. The van der Waals surface area contributed by atoms with E-state index < -0.39 is 7.54 Å². The van der Waals surface area contributed by atoms with Crippen molar-refractivity contribution in [1.29, 1.82) is 0 Å². The van der Waals surface area contributed by atoms with Crippen molar-refractivity contribution in [3.8, 4) is 10.0 Å². The van der Waals surface area contributed by atoms with Crippen molar-refractivity contribution in [3.05, 3.63) is 132 Å². The zero-order chi connectivity index (χ0) is 36.8. The summed E-state index contributed by atoms with van der Waals surface area (Å²) in [5.41, 5.74) is 5.27. The van der Waals surface area contributed by atoms with Gasteiger partial charge in [0.1, 0.15) is 40.7 Å². The van der Waals surface area contributed by atoms with Gasteiger partial charge in [0.05, 0.1) is 19.0 Å². The van der Waals surface area contributed by atoms with E-state index in [1.54, 1.807) is 46.9 Å². The van der Waals surface area contributed by atoms with Crippen molar-refractivity contribution in [2.45, 2.75) is 60.5 Å². The number of nitrogens with zero attached hydrogens (tertiary/aromatic N) is 6. The van der Waals surface area contributed by atoms with Gasteiger partial charge in [0, 0.05) is 25.4 Å². The van der Waals surface area contributed by atoms with Crippen LogP contribution in [0.4, 0.5) is 21.7 Å². The third kappa shape index (κ3) is 10.5. The number of hydrogen-bond acceptors (Lipinski definition) is 8. The van der Waals surface area contributed by atoms with Crippen LogP contribution in [0.25, 0.3) is 10.0 Å². The Hall–Kier alpha value is -2.26. The Balaban J connectivity index is 0.000000180. The molecule has 0 spiro atoms. The van der Waals surface area contributed by atoms with Gasteiger partial charge in [0.25, 0.3) is 0 Å². The summed E-state index contributed by atoms with van der Waals surface area (Å²) in [5, 5.41) is 18.9. The van der Waals surface area contributed by atoms with Crippen LogP contribution in [0.5, 0.6) is 0 Å². The van der Waals surface area contributed by atoms with Gasteiger partial charge in [0.2, 0.25) is 0 Å². The predicted octanol–water partition coefficient (Wildman–Crippen LogP) is 6.34. The molecule has 6 aromatic rings. The number of fused-ring (bicyclic) bond motifs is 6. The standard InChI is InChI=1S/C17H16FN3OS.C10H10BrN3OS.C7H6F.BF3.K/c1-10-14(7-12-4-3-5-13(18)6-12)15-8-22-9-16-20-19-11(2)21(16)17(15)23-10;1-5-9(11)7-3-15-4-8-13-12-6(2)14(8)10(7)16-5;1-6-3-2-4-7(8)5-6;2-1(3)4;/h3-6H,7-9H2,1-2H3;3-4H2,1-2H3;2-5H,1H2;;/q;;-1;;+1. The molecule has 52 heavy (non-hydrogen) atoms. The minimum atomic E-state index is -3.67. The normalized spacial score (nSPS) is 12.3. The number of ether oxygens (including phenoxy) is 2. The summed E-state index contributed by atoms with van der Waals surface area (Å²) in [5.74, 6) is 3.07. The van der Waals surface area contributed by atoms with E-state index in [-0.39, 0.29) is 63.0 Å². The van der Waals surface area contributed by atoms with E-state index in [0.29, 0.717) is 38.4 Å². The average molecular weight is 846 g/mol. The molecule has 2 aliphatic heterocycles. The fourth-order valence-electron chi connectivity index (χ4n) is 5.44. The molecule has 8 rings (SSSR count). The molecule has 0 atom stereocenters. The van der Waals surface area contributed by atoms with Gasteiger partial charge >= 0.3 is 58.9 Å². The van der Waals surface area contributed by atoms with E-state index in [1.165, 1.54) is 49.6 Å². The molecule has 0 aliphatic carbocycles. The second-order valence-corrected chi connectivity index (χ2v) is 14.5. The maximum atomic E-state index is 13.5. The van der Waals surface area contributed by atoms with Crippen molar-refractivity contribution < 1.29 is 82.6 Å². The molecule has 0 unspecified atom stereocenters. The second-order valence-electron chi connectivity index (χ2n) is 11.3. The number of aryl methyl sites for hydroxylation is 4. The van der Waals surface area contributed by atoms with E-state index in [4.69, 9.17) is 9.47 Å². The molecule has 6 heterocycles. The van der Waals surface area contributed by atoms with Crippen LogP contribution in [-0.2, 0) is 42.3 Å². The number of hydrogen-bond donors (Lipinski definition) is 0. The summed E-state index contributed by atoms with van der Waals surface area (Å²) in [6.07, 6.45) is 0.704. The van der Waals surface area contributed by atoms with Crippen LogP contribution >= 0.6 is 38.6 Å². The molecular formula is C34H32BBrF5KN6O2S2. The largest absolute Gasteiger partial charge is 1.00 e. The quantitative estimate of drug-likeness (QED) is 0.115. The summed E-state index contributed by atoms with van der Waals surface area (Å²) < 4.78 is 71.3. The van der Waals surface area contributed by atoms with Crippen molar-refractivity contribution in [1.82, 2.24) is 29.5 Å². The monoisotopic (exact) mass is 844 g/mol. The molecule has 2 aromatic carbocycles. The molecule has 2 aliphatic rings. The van der Waals surface area contributed by atoms with Gasteiger partial charge in [-0.15, -0.1) is 55.2 Å². The van der Waals surface area contributed by atoms with Gasteiger partial charge in [-0.2, -0.15) is 18.6 Å². The van der Waals surface area contributed by atoms with Gasteiger partial charge in [-0.25, -0.2) is 8.78 Å². The van der Waals surface area contributed by atoms with Gasteiger partial charge < -0.3 is 9.47 Å². The molecule has 0 amide bonds. The van der Waals surface area contributed by atoms with Gasteiger partial charge in [-0.1, -0.05) is 18.2 Å². The molecule has 18 heteroatoms. The SMILES string of the molecule is Cc1sc2c(c1Br)COCc1nnc(C)n1-2.Cc1sc2c(c1Cc1cccc(F)c1)COCc1nnc(C)n1-2.FB(F)F.[CH2-]c1cccc(F)c1.[K+]. The number of aromatic nitrogens is 6. The molecule has 0 N–H and O–H groups in total. The molecule has 268 valence electrons. The van der Waals surface area contributed by atoms with Crippen LogP contribution in [-0.4, -0.2) is 37.1 Å². The summed E-state index contributed by atoms with van der Waals surface area (Å²) in [6, 6.07) is 13.0. The maximum absolute atomic E-state index is 13.5. The summed E-state index contributed by atoms with van der Waals surface area (Å²) in [4.78, 5) is 2.48. The smallest absolute Gasteiger partial charge is 0.369 e.